The molecule has 2 unspecified atom stereocenters. The summed E-state index contributed by atoms with van der Waals surface area (Å²) < 4.78 is 7.11. The number of nitrogens with zero attached hydrogens (tertiary/aromatic N) is 5. The normalized spacial score (nSPS) is 19.9. The number of aromatic nitrogens is 2. The molecule has 0 spiro atoms. The van der Waals surface area contributed by atoms with Crippen LogP contribution in [0.4, 0.5) is 5.13 Å². The molecule has 1 aliphatic carbocycles. The number of thiazole rings is 1. The third-order valence-electron chi connectivity index (χ3n) is 10.3. The summed E-state index contributed by atoms with van der Waals surface area (Å²) in [6.45, 7) is 13.0. The summed E-state index contributed by atoms with van der Waals surface area (Å²) in [5, 5.41) is 17.0. The maximum atomic E-state index is 12.4. The van der Waals surface area contributed by atoms with Crippen LogP contribution in [-0.4, -0.2) is 71.5 Å². The fourth-order valence-corrected chi connectivity index (χ4v) is 8.95. The molecular weight excluding hydrogens is 639 g/mol. The van der Waals surface area contributed by atoms with Gasteiger partial charge >= 0.3 is 0 Å². The first-order valence-corrected chi connectivity index (χ1v) is 19.4. The van der Waals surface area contributed by atoms with E-state index in [1.54, 1.807) is 30.1 Å². The second-order valence-electron chi connectivity index (χ2n) is 14.8. The van der Waals surface area contributed by atoms with E-state index in [0.717, 1.165) is 67.1 Å². The smallest absolute Gasteiger partial charge is 0.237 e. The van der Waals surface area contributed by atoms with Gasteiger partial charge < -0.3 is 20.0 Å². The van der Waals surface area contributed by atoms with Crippen LogP contribution in [0.1, 0.15) is 88.0 Å². The summed E-state index contributed by atoms with van der Waals surface area (Å²) >= 11 is 3.45. The molecule has 3 aromatic rings. The van der Waals surface area contributed by atoms with E-state index in [1.807, 2.05) is 12.4 Å². The van der Waals surface area contributed by atoms with Gasteiger partial charge in [-0.2, -0.15) is 5.26 Å². The Morgan fingerprint density at radius 2 is 1.79 bits per heavy atom. The first-order valence-electron chi connectivity index (χ1n) is 17.6. The van der Waals surface area contributed by atoms with Gasteiger partial charge in [0.2, 0.25) is 11.8 Å². The minimum absolute atomic E-state index is 0.0113. The number of benzene rings is 1. The number of nitrogens with one attached hydrogen (secondary N) is 2. The van der Waals surface area contributed by atoms with E-state index < -0.39 is 5.92 Å². The fraction of sp³-hybridized carbons (Fsp3) is 0.622. The van der Waals surface area contributed by atoms with E-state index >= 15 is 0 Å². The van der Waals surface area contributed by atoms with Gasteiger partial charge in [-0.05, 0) is 87.7 Å². The second-order valence-corrected chi connectivity index (χ2v) is 17.1. The van der Waals surface area contributed by atoms with Crippen molar-refractivity contribution in [3.63, 3.8) is 0 Å². The summed E-state index contributed by atoms with van der Waals surface area (Å²) in [6, 6.07) is 11.7. The van der Waals surface area contributed by atoms with E-state index in [0.29, 0.717) is 17.9 Å². The number of likely N-dealkylation sites (tertiary alicyclic amines) is 2. The van der Waals surface area contributed by atoms with Crippen LogP contribution >= 0.6 is 23.1 Å². The van der Waals surface area contributed by atoms with Crippen molar-refractivity contribution in [2.45, 2.75) is 93.2 Å². The zero-order valence-corrected chi connectivity index (χ0v) is 30.5. The topological polar surface area (TPSA) is 110 Å². The zero-order chi connectivity index (χ0) is 33.7. The van der Waals surface area contributed by atoms with Crippen molar-refractivity contribution in [2.75, 3.05) is 45.1 Å². The molecule has 6 rings (SSSR count). The van der Waals surface area contributed by atoms with E-state index in [4.69, 9.17) is 4.42 Å². The van der Waals surface area contributed by atoms with Gasteiger partial charge in [0.25, 0.3) is 0 Å². The molecule has 0 bridgehead atoms. The number of hydrogen-bond acceptors (Lipinski definition) is 10. The molecule has 3 aliphatic rings. The number of nitriles is 1. The Balaban J connectivity index is 0.887. The highest BCUT2D eigenvalue weighted by Gasteiger charge is 2.40. The van der Waals surface area contributed by atoms with E-state index in [1.165, 1.54) is 48.5 Å². The van der Waals surface area contributed by atoms with Crippen molar-refractivity contribution in [3.8, 4) is 6.07 Å². The SMILES string of the molecule is CNC(=O)C(C#N)C(c1ccc(CN2CCC(N3CCC(CNc4ncc(SCc5ncc(C(C)(C)C)o5)s4)CC3)CC2)cc1)C1CC1. The van der Waals surface area contributed by atoms with Gasteiger partial charge in [-0.3, -0.25) is 9.69 Å². The highest BCUT2D eigenvalue weighted by atomic mass is 32.2. The number of thioether (sulfide) groups is 1. The van der Waals surface area contributed by atoms with Gasteiger partial charge in [-0.1, -0.05) is 56.4 Å². The molecule has 1 saturated carbocycles. The average molecular weight is 690 g/mol. The van der Waals surface area contributed by atoms with Gasteiger partial charge in [0.05, 0.1) is 28.4 Å². The number of amides is 1. The first kappa shape index (κ1) is 34.9. The molecule has 11 heteroatoms. The maximum absolute atomic E-state index is 12.4. The third-order valence-corrected chi connectivity index (χ3v) is 12.4. The van der Waals surface area contributed by atoms with Crippen molar-refractivity contribution in [1.82, 2.24) is 25.1 Å². The molecule has 2 N–H and O–H groups in total. The average Bonchev–Trinajstić information content (AvgIpc) is 3.61. The number of carbonyl (C=O) groups excluding carboxylic acids is 1. The molecule has 258 valence electrons. The summed E-state index contributed by atoms with van der Waals surface area (Å²) in [5.41, 5.74) is 2.41. The predicted octanol–water partition coefficient (Wildman–Crippen LogP) is 6.89. The van der Waals surface area contributed by atoms with Crippen LogP contribution < -0.4 is 10.6 Å². The fourth-order valence-electron chi connectivity index (χ4n) is 7.21. The third kappa shape index (κ3) is 9.00. The van der Waals surface area contributed by atoms with Crippen LogP contribution in [0.3, 0.4) is 0 Å². The van der Waals surface area contributed by atoms with Crippen molar-refractivity contribution >= 4 is 34.1 Å². The Bertz CT molecular complexity index is 1520. The molecule has 9 nitrogen and oxygen atoms in total. The lowest BCUT2D eigenvalue weighted by atomic mass is 9.82. The Hall–Kier alpha value is -2.91. The van der Waals surface area contributed by atoms with Crippen LogP contribution in [0.15, 0.2) is 45.3 Å². The van der Waals surface area contributed by atoms with E-state index in [9.17, 15) is 10.1 Å². The van der Waals surface area contributed by atoms with Crippen molar-refractivity contribution < 1.29 is 9.21 Å². The van der Waals surface area contributed by atoms with Crippen LogP contribution in [0.25, 0.3) is 0 Å². The van der Waals surface area contributed by atoms with Gasteiger partial charge in [-0.25, -0.2) is 9.97 Å². The molecule has 2 saturated heterocycles. The number of oxazole rings is 1. The highest BCUT2D eigenvalue weighted by molar-refractivity contribution is 8.00. The van der Waals surface area contributed by atoms with Crippen molar-refractivity contribution in [2.24, 2.45) is 17.8 Å². The summed E-state index contributed by atoms with van der Waals surface area (Å²) in [6.07, 6.45) is 10.9. The Labute approximate surface area is 294 Å². The molecule has 0 radical (unpaired) electrons. The highest BCUT2D eigenvalue weighted by Crippen LogP contribution is 2.46. The molecular formula is C37H51N7O2S2. The van der Waals surface area contributed by atoms with Gasteiger partial charge in [0, 0.05) is 37.5 Å². The van der Waals surface area contributed by atoms with E-state index in [-0.39, 0.29) is 17.2 Å². The largest absolute Gasteiger partial charge is 0.444 e. The number of carbonyl (C=O) groups is 1. The van der Waals surface area contributed by atoms with E-state index in [2.05, 4.69) is 81.5 Å². The minimum Gasteiger partial charge on any atom is -0.444 e. The molecule has 2 aliphatic heterocycles. The summed E-state index contributed by atoms with van der Waals surface area (Å²) in [5.74, 6) is 2.73. The molecule has 2 aromatic heterocycles. The van der Waals surface area contributed by atoms with Crippen molar-refractivity contribution in [3.05, 3.63) is 59.4 Å². The monoisotopic (exact) mass is 689 g/mol. The molecule has 1 aromatic carbocycles. The Kier molecular flexibility index (Phi) is 11.5. The lowest BCUT2D eigenvalue weighted by Gasteiger charge is -2.42. The number of piperidine rings is 2. The number of rotatable bonds is 13. The second kappa shape index (κ2) is 15.8. The van der Waals surface area contributed by atoms with Crippen LogP contribution in [0, 0.1) is 29.1 Å². The van der Waals surface area contributed by atoms with Crippen LogP contribution in [0.2, 0.25) is 0 Å². The zero-order valence-electron chi connectivity index (χ0n) is 28.9. The minimum atomic E-state index is -0.622. The molecule has 4 heterocycles. The standard InChI is InChI=1S/C37H51N7O2S2/c1-37(2,3)31-21-40-32(46-31)24-47-33-22-42-36(48-33)41-20-25-11-17-44(18-12-25)29-13-15-43(16-14-29)23-26-5-7-27(8-6-26)34(28-9-10-28)30(19-38)35(45)39-4/h5-8,21-22,25,28-30,34H,9-18,20,23-24H2,1-4H3,(H,39,45)(H,41,42). The maximum Gasteiger partial charge on any atom is 0.237 e. The molecule has 48 heavy (non-hydrogen) atoms. The predicted molar refractivity (Wildman–Crippen MR) is 193 cm³/mol. The van der Waals surface area contributed by atoms with Crippen molar-refractivity contribution in [1.29, 1.82) is 5.26 Å². The molecule has 3 fully saturated rings. The Morgan fingerprint density at radius 3 is 2.42 bits per heavy atom. The van der Waals surface area contributed by atoms with Gasteiger partial charge in [0.1, 0.15) is 11.7 Å². The van der Waals surface area contributed by atoms with Gasteiger partial charge in [-0.15, -0.1) is 11.8 Å². The lowest BCUT2D eigenvalue weighted by molar-refractivity contribution is -0.123. The molecule has 2 atom stereocenters. The molecule has 1 amide bonds. The number of hydrogen-bond donors (Lipinski definition) is 2. The summed E-state index contributed by atoms with van der Waals surface area (Å²) in [4.78, 5) is 26.8. The van der Waals surface area contributed by atoms with Crippen LogP contribution in [-0.2, 0) is 22.5 Å². The summed E-state index contributed by atoms with van der Waals surface area (Å²) in [7, 11) is 1.62. The van der Waals surface area contributed by atoms with Gasteiger partial charge in [0.15, 0.2) is 5.13 Å². The lowest BCUT2D eigenvalue weighted by Crippen LogP contribution is -2.48. The Morgan fingerprint density at radius 1 is 1.06 bits per heavy atom. The first-order chi connectivity index (χ1) is 23.2. The van der Waals surface area contributed by atoms with Crippen LogP contribution in [0.5, 0.6) is 0 Å². The quantitative estimate of drug-likeness (QED) is 0.186. The number of anilines is 1.